The number of benzene rings is 1. The molecular formula is C12H19NO2S. The fourth-order valence-electron chi connectivity index (χ4n) is 1.40. The van der Waals surface area contributed by atoms with Crippen LogP contribution in [0.1, 0.15) is 12.5 Å². The van der Waals surface area contributed by atoms with Gasteiger partial charge in [-0.1, -0.05) is 37.3 Å². The Morgan fingerprint density at radius 3 is 2.69 bits per heavy atom. The van der Waals surface area contributed by atoms with E-state index in [4.69, 9.17) is 0 Å². The van der Waals surface area contributed by atoms with Crippen LogP contribution in [0, 0.1) is 0 Å². The van der Waals surface area contributed by atoms with E-state index in [9.17, 15) is 9.32 Å². The van der Waals surface area contributed by atoms with Gasteiger partial charge in [0.05, 0.1) is 11.9 Å². The minimum absolute atomic E-state index is 0.335. The molecule has 1 rings (SSSR count). The van der Waals surface area contributed by atoms with Crippen molar-refractivity contribution in [3.8, 4) is 0 Å². The molecule has 0 heterocycles. The third-order valence-electron chi connectivity index (χ3n) is 2.18. The molecular weight excluding hydrogens is 222 g/mol. The number of rotatable bonds is 7. The highest BCUT2D eigenvalue weighted by Gasteiger charge is 2.09. The first kappa shape index (κ1) is 13.4. The van der Waals surface area contributed by atoms with Crippen LogP contribution in [0.15, 0.2) is 30.3 Å². The fraction of sp³-hybridized carbons (Fsp3) is 0.500. The summed E-state index contributed by atoms with van der Waals surface area (Å²) in [4.78, 5) is 0. The topological polar surface area (TPSA) is 49.3 Å². The average molecular weight is 241 g/mol. The summed E-state index contributed by atoms with van der Waals surface area (Å²) in [5, 5.41) is 12.6. The number of aliphatic hydroxyl groups is 1. The number of nitrogens with one attached hydrogen (secondary N) is 1. The lowest BCUT2D eigenvalue weighted by Gasteiger charge is -2.10. The standard InChI is InChI=1S/C12H19NO2S/c1-2-13-8-12(14)10-16(15)9-11-6-4-3-5-7-11/h3-7,12-14H,2,8-10H2,1H3. The molecule has 2 N–H and O–H groups in total. The molecule has 90 valence electrons. The highest BCUT2D eigenvalue weighted by atomic mass is 32.2. The summed E-state index contributed by atoms with van der Waals surface area (Å²) in [6, 6.07) is 9.71. The highest BCUT2D eigenvalue weighted by molar-refractivity contribution is 7.84. The molecule has 0 amide bonds. The van der Waals surface area contributed by atoms with Crippen LogP contribution in [0.2, 0.25) is 0 Å². The largest absolute Gasteiger partial charge is 0.391 e. The maximum absolute atomic E-state index is 11.7. The van der Waals surface area contributed by atoms with Gasteiger partial charge in [0.25, 0.3) is 0 Å². The van der Waals surface area contributed by atoms with Crippen molar-refractivity contribution in [3.63, 3.8) is 0 Å². The smallest absolute Gasteiger partial charge is 0.0779 e. The summed E-state index contributed by atoms with van der Waals surface area (Å²) in [6.45, 7) is 3.31. The van der Waals surface area contributed by atoms with Crippen LogP contribution in [-0.4, -0.2) is 34.3 Å². The lowest BCUT2D eigenvalue weighted by Crippen LogP contribution is -2.31. The molecule has 16 heavy (non-hydrogen) atoms. The molecule has 3 nitrogen and oxygen atoms in total. The van der Waals surface area contributed by atoms with E-state index in [1.165, 1.54) is 0 Å². The molecule has 1 aromatic carbocycles. The number of likely N-dealkylation sites (N-methyl/N-ethyl adjacent to an activating group) is 1. The number of hydrogen-bond acceptors (Lipinski definition) is 3. The lowest BCUT2D eigenvalue weighted by molar-refractivity contribution is 0.195. The average Bonchev–Trinajstić information content (AvgIpc) is 2.27. The second kappa shape index (κ2) is 7.54. The van der Waals surface area contributed by atoms with E-state index in [2.05, 4.69) is 5.32 Å². The minimum Gasteiger partial charge on any atom is -0.391 e. The third-order valence-corrected chi connectivity index (χ3v) is 3.59. The summed E-state index contributed by atoms with van der Waals surface area (Å²) in [6.07, 6.45) is -0.524. The van der Waals surface area contributed by atoms with E-state index in [1.807, 2.05) is 37.3 Å². The summed E-state index contributed by atoms with van der Waals surface area (Å²) in [7, 11) is -0.995. The first-order chi connectivity index (χ1) is 7.72. The lowest BCUT2D eigenvalue weighted by atomic mass is 10.2. The number of hydrogen-bond donors (Lipinski definition) is 2. The molecule has 1 aromatic rings. The van der Waals surface area contributed by atoms with E-state index in [-0.39, 0.29) is 0 Å². The zero-order chi connectivity index (χ0) is 11.8. The summed E-state index contributed by atoms with van der Waals surface area (Å²) in [5.41, 5.74) is 1.05. The van der Waals surface area contributed by atoms with Crippen LogP contribution in [-0.2, 0) is 16.6 Å². The first-order valence-electron chi connectivity index (χ1n) is 5.50. The van der Waals surface area contributed by atoms with Gasteiger partial charge in [-0.15, -0.1) is 0 Å². The predicted octanol–water partition coefficient (Wildman–Crippen LogP) is 0.906. The van der Waals surface area contributed by atoms with Crippen LogP contribution >= 0.6 is 0 Å². The molecule has 4 heteroatoms. The molecule has 0 aliphatic rings. The van der Waals surface area contributed by atoms with Gasteiger partial charge in [0.1, 0.15) is 0 Å². The first-order valence-corrected chi connectivity index (χ1v) is 6.99. The summed E-state index contributed by atoms with van der Waals surface area (Å²) >= 11 is 0. The van der Waals surface area contributed by atoms with Crippen molar-refractivity contribution in [2.45, 2.75) is 18.8 Å². The van der Waals surface area contributed by atoms with Gasteiger partial charge in [0.2, 0.25) is 0 Å². The van der Waals surface area contributed by atoms with Gasteiger partial charge in [-0.2, -0.15) is 0 Å². The summed E-state index contributed by atoms with van der Waals surface area (Å²) < 4.78 is 11.7. The monoisotopic (exact) mass is 241 g/mol. The van der Waals surface area contributed by atoms with E-state index in [1.54, 1.807) is 0 Å². The van der Waals surface area contributed by atoms with Crippen molar-refractivity contribution in [1.29, 1.82) is 0 Å². The van der Waals surface area contributed by atoms with Gasteiger partial charge in [-0.3, -0.25) is 4.21 Å². The maximum atomic E-state index is 11.7. The Labute approximate surface area is 99.3 Å². The van der Waals surface area contributed by atoms with Gasteiger partial charge in [-0.25, -0.2) is 0 Å². The minimum atomic E-state index is -0.995. The van der Waals surface area contributed by atoms with Crippen molar-refractivity contribution in [2.75, 3.05) is 18.8 Å². The molecule has 0 aliphatic carbocycles. The zero-order valence-electron chi connectivity index (χ0n) is 9.56. The molecule has 0 saturated carbocycles. The Bertz CT molecular complexity index is 316. The van der Waals surface area contributed by atoms with Gasteiger partial charge >= 0.3 is 0 Å². The van der Waals surface area contributed by atoms with Crippen molar-refractivity contribution >= 4 is 10.8 Å². The Morgan fingerprint density at radius 2 is 2.06 bits per heavy atom. The van der Waals surface area contributed by atoms with Crippen molar-refractivity contribution in [3.05, 3.63) is 35.9 Å². The normalized spacial score (nSPS) is 14.6. The molecule has 0 radical (unpaired) electrons. The van der Waals surface area contributed by atoms with Crippen LogP contribution in [0.4, 0.5) is 0 Å². The molecule has 0 aliphatic heterocycles. The van der Waals surface area contributed by atoms with Gasteiger partial charge in [0.15, 0.2) is 0 Å². The molecule has 0 bridgehead atoms. The summed E-state index contributed by atoms with van der Waals surface area (Å²) in [5.74, 6) is 0.853. The van der Waals surface area contributed by atoms with E-state index >= 15 is 0 Å². The zero-order valence-corrected chi connectivity index (χ0v) is 10.4. The Kier molecular flexibility index (Phi) is 6.30. The van der Waals surface area contributed by atoms with Crippen molar-refractivity contribution < 1.29 is 9.32 Å². The second-order valence-corrected chi connectivity index (χ2v) is 5.20. The van der Waals surface area contributed by atoms with E-state index in [0.29, 0.717) is 18.1 Å². The molecule has 0 fully saturated rings. The fourth-order valence-corrected chi connectivity index (χ4v) is 2.63. The van der Waals surface area contributed by atoms with Crippen LogP contribution in [0.25, 0.3) is 0 Å². The Balaban J connectivity index is 2.31. The molecule has 0 spiro atoms. The highest BCUT2D eigenvalue weighted by Crippen LogP contribution is 2.03. The SMILES string of the molecule is CCNCC(O)CS(=O)Cc1ccccc1. The third kappa shape index (κ3) is 5.39. The van der Waals surface area contributed by atoms with Gasteiger partial charge < -0.3 is 10.4 Å². The van der Waals surface area contributed by atoms with Gasteiger partial charge in [0, 0.05) is 23.1 Å². The predicted molar refractivity (Wildman–Crippen MR) is 67.7 cm³/mol. The quantitative estimate of drug-likeness (QED) is 0.746. The Morgan fingerprint density at radius 1 is 1.38 bits per heavy atom. The van der Waals surface area contributed by atoms with Crippen molar-refractivity contribution in [2.24, 2.45) is 0 Å². The van der Waals surface area contributed by atoms with Crippen LogP contribution < -0.4 is 5.32 Å². The van der Waals surface area contributed by atoms with Gasteiger partial charge in [-0.05, 0) is 12.1 Å². The molecule has 0 aromatic heterocycles. The van der Waals surface area contributed by atoms with E-state index in [0.717, 1.165) is 12.1 Å². The van der Waals surface area contributed by atoms with Crippen molar-refractivity contribution in [1.82, 2.24) is 5.32 Å². The maximum Gasteiger partial charge on any atom is 0.0779 e. The molecule has 0 saturated heterocycles. The molecule has 2 atom stereocenters. The van der Waals surface area contributed by atoms with Crippen LogP contribution in [0.3, 0.4) is 0 Å². The van der Waals surface area contributed by atoms with E-state index < -0.39 is 16.9 Å². The molecule has 2 unspecified atom stereocenters. The number of aliphatic hydroxyl groups excluding tert-OH is 1. The second-order valence-electron chi connectivity index (χ2n) is 3.70. The Hall–Kier alpha value is -0.710. The van der Waals surface area contributed by atoms with Crippen LogP contribution in [0.5, 0.6) is 0 Å².